The highest BCUT2D eigenvalue weighted by Gasteiger charge is 2.14. The van der Waals surface area contributed by atoms with E-state index in [1.807, 2.05) is 49.3 Å². The Labute approximate surface area is 145 Å². The summed E-state index contributed by atoms with van der Waals surface area (Å²) in [6.45, 7) is 5.18. The van der Waals surface area contributed by atoms with Gasteiger partial charge in [-0.05, 0) is 45.2 Å². The first-order valence-electron chi connectivity index (χ1n) is 7.62. The second-order valence-electron chi connectivity index (χ2n) is 5.86. The Morgan fingerprint density at radius 1 is 1.33 bits per heavy atom. The molecule has 3 rings (SSSR count). The molecule has 126 valence electrons. The number of hydrogen-bond donors (Lipinski definition) is 0. The van der Waals surface area contributed by atoms with Gasteiger partial charge in [0.1, 0.15) is 5.76 Å². The molecule has 3 aromatic heterocycles. The minimum absolute atomic E-state index is 0.580. The van der Waals surface area contributed by atoms with Gasteiger partial charge in [-0.3, -0.25) is 9.88 Å². The Balaban J connectivity index is 1.82. The van der Waals surface area contributed by atoms with Crippen molar-refractivity contribution in [3.8, 4) is 11.4 Å². The first kappa shape index (κ1) is 16.5. The lowest BCUT2D eigenvalue weighted by Gasteiger charge is -2.16. The van der Waals surface area contributed by atoms with Crippen molar-refractivity contribution in [2.75, 3.05) is 7.05 Å². The van der Waals surface area contributed by atoms with Gasteiger partial charge in [0.05, 0.1) is 12.4 Å². The predicted molar refractivity (Wildman–Crippen MR) is 92.7 cm³/mol. The Bertz CT molecular complexity index is 876. The van der Waals surface area contributed by atoms with Gasteiger partial charge in [-0.2, -0.15) is 5.10 Å². The van der Waals surface area contributed by atoms with Crippen LogP contribution in [0.4, 0.5) is 0 Å². The minimum atomic E-state index is 0.580. The standard InChI is InChI=1S/C16H20N6OS/c1-11-14(12(2)23-19-11)9-20(3)10-22-16(24)21(4)15(18-22)13-6-5-7-17-8-13/h5-8H,9-10H2,1-4H3. The van der Waals surface area contributed by atoms with E-state index in [0.29, 0.717) is 11.4 Å². The van der Waals surface area contributed by atoms with Crippen molar-refractivity contribution in [3.63, 3.8) is 0 Å². The molecular formula is C16H20N6OS. The highest BCUT2D eigenvalue weighted by Crippen LogP contribution is 2.17. The second-order valence-corrected chi connectivity index (χ2v) is 6.23. The fourth-order valence-corrected chi connectivity index (χ4v) is 2.79. The number of aryl methyl sites for hydroxylation is 2. The average molecular weight is 344 g/mol. The zero-order valence-corrected chi connectivity index (χ0v) is 15.0. The molecule has 0 aliphatic heterocycles. The monoisotopic (exact) mass is 344 g/mol. The quantitative estimate of drug-likeness (QED) is 0.663. The molecule has 0 aliphatic rings. The van der Waals surface area contributed by atoms with E-state index in [0.717, 1.165) is 35.0 Å². The van der Waals surface area contributed by atoms with Crippen LogP contribution in [0.2, 0.25) is 0 Å². The van der Waals surface area contributed by atoms with Crippen LogP contribution in [0.25, 0.3) is 11.4 Å². The van der Waals surface area contributed by atoms with Crippen molar-refractivity contribution in [2.24, 2.45) is 7.05 Å². The summed E-state index contributed by atoms with van der Waals surface area (Å²) in [5, 5.41) is 8.64. The molecule has 0 spiro atoms. The first-order chi connectivity index (χ1) is 11.5. The highest BCUT2D eigenvalue weighted by molar-refractivity contribution is 7.71. The van der Waals surface area contributed by atoms with E-state index in [4.69, 9.17) is 16.7 Å². The van der Waals surface area contributed by atoms with Crippen LogP contribution >= 0.6 is 12.2 Å². The van der Waals surface area contributed by atoms with Crippen molar-refractivity contribution in [3.05, 3.63) is 46.3 Å². The van der Waals surface area contributed by atoms with Crippen LogP contribution in [0.5, 0.6) is 0 Å². The van der Waals surface area contributed by atoms with Crippen molar-refractivity contribution in [1.82, 2.24) is 29.4 Å². The van der Waals surface area contributed by atoms with E-state index in [-0.39, 0.29) is 0 Å². The zero-order valence-electron chi connectivity index (χ0n) is 14.2. The molecule has 0 aliphatic carbocycles. The van der Waals surface area contributed by atoms with E-state index in [1.165, 1.54) is 0 Å². The molecule has 0 amide bonds. The Morgan fingerprint density at radius 3 is 2.75 bits per heavy atom. The zero-order chi connectivity index (χ0) is 17.3. The van der Waals surface area contributed by atoms with Gasteiger partial charge >= 0.3 is 0 Å². The summed E-state index contributed by atoms with van der Waals surface area (Å²) in [5.41, 5.74) is 2.96. The molecule has 0 saturated carbocycles. The molecular weight excluding hydrogens is 324 g/mol. The Morgan fingerprint density at radius 2 is 2.12 bits per heavy atom. The molecule has 0 atom stereocenters. The topological polar surface area (TPSA) is 64.9 Å². The third kappa shape index (κ3) is 3.15. The SMILES string of the molecule is Cc1noc(C)c1CN(C)Cn1nc(-c2cccnc2)n(C)c1=S. The molecule has 3 aromatic rings. The Hall–Kier alpha value is -2.32. The Kier molecular flexibility index (Phi) is 4.59. The second kappa shape index (κ2) is 6.66. The summed E-state index contributed by atoms with van der Waals surface area (Å²) >= 11 is 5.52. The average Bonchev–Trinajstić information content (AvgIpc) is 3.03. The molecule has 3 heterocycles. The maximum atomic E-state index is 5.52. The van der Waals surface area contributed by atoms with Crippen LogP contribution in [0, 0.1) is 18.6 Å². The van der Waals surface area contributed by atoms with E-state index >= 15 is 0 Å². The molecule has 24 heavy (non-hydrogen) atoms. The van der Waals surface area contributed by atoms with Crippen molar-refractivity contribution >= 4 is 12.2 Å². The van der Waals surface area contributed by atoms with E-state index < -0.39 is 0 Å². The summed E-state index contributed by atoms with van der Waals surface area (Å²) in [7, 11) is 3.94. The van der Waals surface area contributed by atoms with Gasteiger partial charge in [-0.1, -0.05) is 5.16 Å². The van der Waals surface area contributed by atoms with Crippen LogP contribution in [0.1, 0.15) is 17.0 Å². The van der Waals surface area contributed by atoms with Gasteiger partial charge < -0.3 is 9.09 Å². The van der Waals surface area contributed by atoms with Crippen molar-refractivity contribution in [1.29, 1.82) is 0 Å². The highest BCUT2D eigenvalue weighted by atomic mass is 32.1. The third-order valence-corrected chi connectivity index (χ3v) is 4.43. The largest absolute Gasteiger partial charge is 0.361 e. The first-order valence-corrected chi connectivity index (χ1v) is 8.02. The molecule has 0 unspecified atom stereocenters. The fourth-order valence-electron chi connectivity index (χ4n) is 2.60. The summed E-state index contributed by atoms with van der Waals surface area (Å²) in [6.07, 6.45) is 3.53. The minimum Gasteiger partial charge on any atom is -0.361 e. The van der Waals surface area contributed by atoms with Gasteiger partial charge in [0, 0.05) is 37.1 Å². The maximum Gasteiger partial charge on any atom is 0.199 e. The van der Waals surface area contributed by atoms with Gasteiger partial charge in [-0.15, -0.1) is 0 Å². The lowest BCUT2D eigenvalue weighted by Crippen LogP contribution is -2.23. The van der Waals surface area contributed by atoms with Crippen LogP contribution in [-0.2, 0) is 20.3 Å². The van der Waals surface area contributed by atoms with E-state index in [1.54, 1.807) is 12.4 Å². The molecule has 0 radical (unpaired) electrons. The van der Waals surface area contributed by atoms with Crippen LogP contribution in [0.3, 0.4) is 0 Å². The fraction of sp³-hybridized carbons (Fsp3) is 0.375. The number of aromatic nitrogens is 5. The summed E-state index contributed by atoms with van der Waals surface area (Å²) in [6, 6.07) is 3.86. The summed E-state index contributed by atoms with van der Waals surface area (Å²) < 4.78 is 9.60. The normalized spacial score (nSPS) is 11.4. The van der Waals surface area contributed by atoms with E-state index in [9.17, 15) is 0 Å². The summed E-state index contributed by atoms with van der Waals surface area (Å²) in [4.78, 5) is 6.27. The molecule has 0 aromatic carbocycles. The third-order valence-electron chi connectivity index (χ3n) is 3.95. The maximum absolute atomic E-state index is 5.52. The van der Waals surface area contributed by atoms with Gasteiger partial charge in [0.2, 0.25) is 0 Å². The predicted octanol–water partition coefficient (Wildman–Crippen LogP) is 2.71. The molecule has 0 fully saturated rings. The van der Waals surface area contributed by atoms with Crippen LogP contribution in [-0.4, -0.2) is 36.4 Å². The molecule has 7 nitrogen and oxygen atoms in total. The van der Waals surface area contributed by atoms with Crippen LogP contribution in [0.15, 0.2) is 29.0 Å². The molecule has 0 N–H and O–H groups in total. The van der Waals surface area contributed by atoms with Crippen molar-refractivity contribution < 1.29 is 4.52 Å². The van der Waals surface area contributed by atoms with Crippen molar-refractivity contribution in [2.45, 2.75) is 27.1 Å². The lowest BCUT2D eigenvalue weighted by molar-refractivity contribution is 0.242. The lowest BCUT2D eigenvalue weighted by atomic mass is 10.2. The number of rotatable bonds is 5. The molecule has 0 saturated heterocycles. The van der Waals surface area contributed by atoms with Gasteiger partial charge in [0.25, 0.3) is 0 Å². The van der Waals surface area contributed by atoms with Gasteiger partial charge in [-0.25, -0.2) is 4.68 Å². The molecule has 8 heteroatoms. The smallest absolute Gasteiger partial charge is 0.199 e. The number of nitrogens with zero attached hydrogens (tertiary/aromatic N) is 6. The molecule has 0 bridgehead atoms. The number of pyridine rings is 1. The van der Waals surface area contributed by atoms with Crippen LogP contribution < -0.4 is 0 Å². The summed E-state index contributed by atoms with van der Waals surface area (Å²) in [5.74, 6) is 1.65. The van der Waals surface area contributed by atoms with E-state index in [2.05, 4.69) is 20.1 Å². The number of hydrogen-bond acceptors (Lipinski definition) is 6. The van der Waals surface area contributed by atoms with Gasteiger partial charge in [0.15, 0.2) is 10.6 Å².